The van der Waals surface area contributed by atoms with Crippen LogP contribution in [0.1, 0.15) is 17.5 Å². The number of hydrogen-bond donors (Lipinski definition) is 2. The molecule has 2 amide bonds. The average Bonchev–Trinajstić information content (AvgIpc) is 2.77. The van der Waals surface area contributed by atoms with Gasteiger partial charge in [-0.25, -0.2) is 0 Å². The second kappa shape index (κ2) is 11.0. The summed E-state index contributed by atoms with van der Waals surface area (Å²) in [6, 6.07) is 12.6. The first kappa shape index (κ1) is 22.9. The predicted octanol–water partition coefficient (Wildman–Crippen LogP) is 2.41. The standard InChI is InChI=1S/C23H28ClN3O4/c1-30-18-11-16(12-19(13-18)31-2)15-27-10-9-26-23(29)21(27)14-22(28)25-8-7-17-5-3-4-6-20(17)24/h3-6,11-13,21H,7-10,14-15H2,1-2H3,(H,25,28)(H,26,29). The lowest BCUT2D eigenvalue weighted by Crippen LogP contribution is -2.56. The molecular formula is C23H28ClN3O4. The Morgan fingerprint density at radius 3 is 2.58 bits per heavy atom. The van der Waals surface area contributed by atoms with Crippen molar-refractivity contribution in [2.75, 3.05) is 33.9 Å². The van der Waals surface area contributed by atoms with Crippen LogP contribution in [0.2, 0.25) is 5.02 Å². The number of carbonyl (C=O) groups excluding carboxylic acids is 2. The molecule has 166 valence electrons. The minimum atomic E-state index is -0.536. The summed E-state index contributed by atoms with van der Waals surface area (Å²) in [6.45, 7) is 2.18. The molecule has 0 radical (unpaired) electrons. The third-order valence-corrected chi connectivity index (χ3v) is 5.66. The van der Waals surface area contributed by atoms with E-state index in [1.54, 1.807) is 20.3 Å². The molecule has 0 aromatic heterocycles. The van der Waals surface area contributed by atoms with Gasteiger partial charge in [-0.05, 0) is 35.7 Å². The van der Waals surface area contributed by atoms with Crippen molar-refractivity contribution in [1.82, 2.24) is 15.5 Å². The molecule has 1 unspecified atom stereocenters. The number of hydrogen-bond acceptors (Lipinski definition) is 5. The van der Waals surface area contributed by atoms with Crippen molar-refractivity contribution < 1.29 is 19.1 Å². The van der Waals surface area contributed by atoms with Crippen molar-refractivity contribution in [2.24, 2.45) is 0 Å². The summed E-state index contributed by atoms with van der Waals surface area (Å²) in [6.07, 6.45) is 0.727. The molecule has 1 atom stereocenters. The number of nitrogens with one attached hydrogen (secondary N) is 2. The van der Waals surface area contributed by atoms with Crippen LogP contribution in [0.25, 0.3) is 0 Å². The average molecular weight is 446 g/mol. The summed E-state index contributed by atoms with van der Waals surface area (Å²) in [5, 5.41) is 6.45. The molecule has 2 aromatic rings. The number of rotatable bonds is 9. The Hall–Kier alpha value is -2.77. The first-order valence-corrected chi connectivity index (χ1v) is 10.6. The molecule has 0 spiro atoms. The maximum absolute atomic E-state index is 12.5. The monoisotopic (exact) mass is 445 g/mol. The van der Waals surface area contributed by atoms with Crippen molar-refractivity contribution in [3.05, 3.63) is 58.6 Å². The molecule has 8 heteroatoms. The third-order valence-electron chi connectivity index (χ3n) is 5.29. The lowest BCUT2D eigenvalue weighted by molar-refractivity contribution is -0.134. The SMILES string of the molecule is COc1cc(CN2CCNC(=O)C2CC(=O)NCCc2ccccc2Cl)cc(OC)c1. The molecule has 7 nitrogen and oxygen atoms in total. The van der Waals surface area contributed by atoms with Gasteiger partial charge in [0.2, 0.25) is 11.8 Å². The lowest BCUT2D eigenvalue weighted by atomic mass is 10.1. The number of amides is 2. The Labute approximate surface area is 187 Å². The van der Waals surface area contributed by atoms with Crippen molar-refractivity contribution in [3.63, 3.8) is 0 Å². The van der Waals surface area contributed by atoms with Crippen LogP contribution in [0.4, 0.5) is 0 Å². The molecule has 1 heterocycles. The zero-order valence-corrected chi connectivity index (χ0v) is 18.6. The zero-order chi connectivity index (χ0) is 22.2. The van der Waals surface area contributed by atoms with Crippen LogP contribution >= 0.6 is 11.6 Å². The van der Waals surface area contributed by atoms with Gasteiger partial charge in [0, 0.05) is 37.3 Å². The van der Waals surface area contributed by atoms with E-state index in [4.69, 9.17) is 21.1 Å². The van der Waals surface area contributed by atoms with Gasteiger partial charge in [0.1, 0.15) is 11.5 Å². The van der Waals surface area contributed by atoms with E-state index in [9.17, 15) is 9.59 Å². The van der Waals surface area contributed by atoms with Crippen LogP contribution in [-0.4, -0.2) is 56.6 Å². The number of carbonyl (C=O) groups is 2. The van der Waals surface area contributed by atoms with Crippen molar-refractivity contribution in [2.45, 2.75) is 25.4 Å². The molecular weight excluding hydrogens is 418 g/mol. The molecule has 2 aromatic carbocycles. The summed E-state index contributed by atoms with van der Waals surface area (Å²) >= 11 is 6.16. The van der Waals surface area contributed by atoms with E-state index >= 15 is 0 Å². The molecule has 0 bridgehead atoms. The van der Waals surface area contributed by atoms with Gasteiger partial charge in [0.25, 0.3) is 0 Å². The van der Waals surface area contributed by atoms with Crippen LogP contribution < -0.4 is 20.1 Å². The topological polar surface area (TPSA) is 79.9 Å². The van der Waals surface area contributed by atoms with Gasteiger partial charge >= 0.3 is 0 Å². The minimum Gasteiger partial charge on any atom is -0.497 e. The van der Waals surface area contributed by atoms with Gasteiger partial charge in [-0.1, -0.05) is 29.8 Å². The highest BCUT2D eigenvalue weighted by atomic mass is 35.5. The maximum Gasteiger partial charge on any atom is 0.237 e. The largest absolute Gasteiger partial charge is 0.497 e. The zero-order valence-electron chi connectivity index (χ0n) is 17.8. The fourth-order valence-electron chi connectivity index (χ4n) is 3.65. The molecule has 31 heavy (non-hydrogen) atoms. The van der Waals surface area contributed by atoms with Crippen molar-refractivity contribution in [3.8, 4) is 11.5 Å². The highest BCUT2D eigenvalue weighted by molar-refractivity contribution is 6.31. The van der Waals surface area contributed by atoms with Gasteiger partial charge in [-0.3, -0.25) is 14.5 Å². The van der Waals surface area contributed by atoms with Gasteiger partial charge in [-0.15, -0.1) is 0 Å². The highest BCUT2D eigenvalue weighted by Gasteiger charge is 2.31. The maximum atomic E-state index is 12.5. The fraction of sp³-hybridized carbons (Fsp3) is 0.391. The summed E-state index contributed by atoms with van der Waals surface area (Å²) in [4.78, 5) is 27.1. The first-order valence-electron chi connectivity index (χ1n) is 10.2. The Bertz CT molecular complexity index is 899. The van der Waals surface area contributed by atoms with Gasteiger partial charge < -0.3 is 20.1 Å². The molecule has 1 fully saturated rings. The van der Waals surface area contributed by atoms with E-state index in [2.05, 4.69) is 10.6 Å². The highest BCUT2D eigenvalue weighted by Crippen LogP contribution is 2.24. The van der Waals surface area contributed by atoms with Crippen LogP contribution in [0, 0.1) is 0 Å². The second-order valence-electron chi connectivity index (χ2n) is 7.39. The van der Waals surface area contributed by atoms with E-state index in [0.29, 0.717) is 49.1 Å². The fourth-order valence-corrected chi connectivity index (χ4v) is 3.88. The number of nitrogens with zero attached hydrogens (tertiary/aromatic N) is 1. The minimum absolute atomic E-state index is 0.0927. The van der Waals surface area contributed by atoms with Crippen LogP contribution in [0.5, 0.6) is 11.5 Å². The molecule has 1 aliphatic heterocycles. The number of piperazine rings is 1. The molecule has 3 rings (SSSR count). The smallest absolute Gasteiger partial charge is 0.237 e. The predicted molar refractivity (Wildman–Crippen MR) is 120 cm³/mol. The molecule has 1 saturated heterocycles. The summed E-state index contributed by atoms with van der Waals surface area (Å²) in [5.41, 5.74) is 1.93. The van der Waals surface area contributed by atoms with Crippen molar-refractivity contribution in [1.29, 1.82) is 0 Å². The molecule has 0 aliphatic carbocycles. The molecule has 2 N–H and O–H groups in total. The van der Waals surface area contributed by atoms with Gasteiger partial charge in [0.15, 0.2) is 0 Å². The quantitative estimate of drug-likeness (QED) is 0.619. The van der Waals surface area contributed by atoms with E-state index in [1.165, 1.54) is 0 Å². The van der Waals surface area contributed by atoms with Crippen LogP contribution in [0.3, 0.4) is 0 Å². The first-order chi connectivity index (χ1) is 15.0. The second-order valence-corrected chi connectivity index (χ2v) is 7.80. The Morgan fingerprint density at radius 1 is 1.19 bits per heavy atom. The van der Waals surface area contributed by atoms with Crippen molar-refractivity contribution >= 4 is 23.4 Å². The Kier molecular flexibility index (Phi) is 8.14. The summed E-state index contributed by atoms with van der Waals surface area (Å²) in [5.74, 6) is 1.07. The number of ether oxygens (including phenoxy) is 2. The van der Waals surface area contributed by atoms with Gasteiger partial charge in [0.05, 0.1) is 26.7 Å². The number of benzene rings is 2. The van der Waals surface area contributed by atoms with E-state index in [-0.39, 0.29) is 18.2 Å². The summed E-state index contributed by atoms with van der Waals surface area (Å²) < 4.78 is 10.7. The van der Waals surface area contributed by atoms with E-state index in [1.807, 2.05) is 41.3 Å². The van der Waals surface area contributed by atoms with Crippen LogP contribution in [-0.2, 0) is 22.6 Å². The lowest BCUT2D eigenvalue weighted by Gasteiger charge is -2.34. The molecule has 0 saturated carbocycles. The Balaban J connectivity index is 1.60. The Morgan fingerprint density at radius 2 is 1.90 bits per heavy atom. The number of halogens is 1. The normalized spacial score (nSPS) is 16.5. The third kappa shape index (κ3) is 6.35. The van der Waals surface area contributed by atoms with Gasteiger partial charge in [-0.2, -0.15) is 0 Å². The summed E-state index contributed by atoms with van der Waals surface area (Å²) in [7, 11) is 3.20. The van der Waals surface area contributed by atoms with E-state index < -0.39 is 6.04 Å². The van der Waals surface area contributed by atoms with Crippen LogP contribution in [0.15, 0.2) is 42.5 Å². The van der Waals surface area contributed by atoms with E-state index in [0.717, 1.165) is 11.1 Å². The number of methoxy groups -OCH3 is 2. The molecule has 1 aliphatic rings.